The van der Waals surface area contributed by atoms with Crippen molar-refractivity contribution >= 4 is 11.6 Å². The van der Waals surface area contributed by atoms with Crippen LogP contribution in [0.2, 0.25) is 0 Å². The molecule has 0 aromatic heterocycles. The Morgan fingerprint density at radius 3 is 2.95 bits per heavy atom. The molecule has 4 nitrogen and oxygen atoms in total. The molecule has 2 aliphatic heterocycles. The molecule has 4 heteroatoms. The number of carbonyl (C=O) groups excluding carboxylic acids is 1. The van der Waals surface area contributed by atoms with Crippen molar-refractivity contribution in [1.29, 1.82) is 0 Å². The largest absolute Gasteiger partial charge is 0.360 e. The summed E-state index contributed by atoms with van der Waals surface area (Å²) in [5.74, 6) is 0.0875. The number of nitrogens with one attached hydrogen (secondary N) is 1. The van der Waals surface area contributed by atoms with E-state index in [1.165, 1.54) is 5.57 Å². The van der Waals surface area contributed by atoms with Crippen LogP contribution in [-0.4, -0.2) is 36.7 Å². The lowest BCUT2D eigenvalue weighted by atomic mass is 10.1. The number of hydrogen-bond donors (Lipinski definition) is 1. The summed E-state index contributed by atoms with van der Waals surface area (Å²) in [6.07, 6.45) is 2.81. The van der Waals surface area contributed by atoms with E-state index < -0.39 is 0 Å². The Hall–Kier alpha value is -1.81. The standard InChI is InChI=1S/C15H18N2O2/c1-3-10-8-13-14(19-2)16-12-7-5-4-6-11(12)15(18)17(13)9-10/h3-7,13-14,16H,8-9H2,1-2H3. The van der Waals surface area contributed by atoms with Crippen molar-refractivity contribution < 1.29 is 9.53 Å². The highest BCUT2D eigenvalue weighted by Gasteiger charge is 2.40. The van der Waals surface area contributed by atoms with Crippen LogP contribution in [0.25, 0.3) is 0 Å². The van der Waals surface area contributed by atoms with Gasteiger partial charge in [-0.25, -0.2) is 0 Å². The van der Waals surface area contributed by atoms with E-state index in [0.29, 0.717) is 6.54 Å². The fourth-order valence-electron chi connectivity index (χ4n) is 2.90. The van der Waals surface area contributed by atoms with Gasteiger partial charge in [-0.2, -0.15) is 0 Å². The number of nitrogens with zero attached hydrogens (tertiary/aromatic N) is 1. The third-order valence-electron chi connectivity index (χ3n) is 3.97. The summed E-state index contributed by atoms with van der Waals surface area (Å²) in [6.45, 7) is 2.73. The van der Waals surface area contributed by atoms with E-state index in [4.69, 9.17) is 4.74 Å². The van der Waals surface area contributed by atoms with Crippen LogP contribution in [0.5, 0.6) is 0 Å². The van der Waals surface area contributed by atoms with Crippen LogP contribution in [0.1, 0.15) is 23.7 Å². The number of rotatable bonds is 1. The molecule has 1 aromatic carbocycles. The summed E-state index contributed by atoms with van der Waals surface area (Å²) in [5, 5.41) is 3.34. The normalized spacial score (nSPS) is 27.8. The molecule has 100 valence electrons. The second-order valence-corrected chi connectivity index (χ2v) is 5.00. The van der Waals surface area contributed by atoms with E-state index >= 15 is 0 Å². The van der Waals surface area contributed by atoms with Crippen molar-refractivity contribution in [2.24, 2.45) is 0 Å². The maximum absolute atomic E-state index is 12.6. The molecule has 1 amide bonds. The van der Waals surface area contributed by atoms with Crippen molar-refractivity contribution in [1.82, 2.24) is 4.90 Å². The minimum absolute atomic E-state index is 0.0658. The van der Waals surface area contributed by atoms with Crippen LogP contribution in [0, 0.1) is 0 Å². The highest BCUT2D eigenvalue weighted by atomic mass is 16.5. The van der Waals surface area contributed by atoms with Crippen LogP contribution >= 0.6 is 0 Å². The lowest BCUT2D eigenvalue weighted by Gasteiger charge is -2.27. The first-order chi connectivity index (χ1) is 9.24. The van der Waals surface area contributed by atoms with E-state index in [2.05, 4.69) is 11.4 Å². The van der Waals surface area contributed by atoms with Crippen molar-refractivity contribution in [3.8, 4) is 0 Å². The van der Waals surface area contributed by atoms with Gasteiger partial charge in [0.2, 0.25) is 0 Å². The van der Waals surface area contributed by atoms with Gasteiger partial charge >= 0.3 is 0 Å². The van der Waals surface area contributed by atoms with E-state index in [0.717, 1.165) is 17.7 Å². The van der Waals surface area contributed by atoms with Gasteiger partial charge in [0, 0.05) is 19.3 Å². The number of para-hydroxylation sites is 1. The van der Waals surface area contributed by atoms with Gasteiger partial charge in [0.1, 0.15) is 6.23 Å². The molecule has 0 saturated carbocycles. The third kappa shape index (κ3) is 1.92. The Bertz CT molecular complexity index is 539. The second-order valence-electron chi connectivity index (χ2n) is 5.00. The summed E-state index contributed by atoms with van der Waals surface area (Å²) in [4.78, 5) is 14.6. The second kappa shape index (κ2) is 4.70. The summed E-state index contributed by atoms with van der Waals surface area (Å²) < 4.78 is 5.55. The highest BCUT2D eigenvalue weighted by Crippen LogP contribution is 2.33. The molecule has 2 aliphatic rings. The SMILES string of the molecule is CC=C1CC2C(OC)Nc3ccccc3C(=O)N2C1. The van der Waals surface area contributed by atoms with E-state index in [1.807, 2.05) is 36.1 Å². The molecule has 1 aromatic rings. The number of carbonyl (C=O) groups is 1. The van der Waals surface area contributed by atoms with Gasteiger partial charge in [-0.1, -0.05) is 23.8 Å². The molecule has 2 unspecified atom stereocenters. The van der Waals surface area contributed by atoms with Crippen molar-refractivity contribution in [3.63, 3.8) is 0 Å². The molecule has 2 heterocycles. The highest BCUT2D eigenvalue weighted by molar-refractivity contribution is 6.01. The first-order valence-electron chi connectivity index (χ1n) is 6.58. The zero-order valence-electron chi connectivity index (χ0n) is 11.2. The van der Waals surface area contributed by atoms with Gasteiger partial charge in [0.25, 0.3) is 5.91 Å². The molecule has 2 atom stereocenters. The molecule has 1 fully saturated rings. The molecule has 3 rings (SSSR count). The summed E-state index contributed by atoms with van der Waals surface area (Å²) in [5.41, 5.74) is 2.88. The van der Waals surface area contributed by atoms with Crippen molar-refractivity contribution in [2.45, 2.75) is 25.6 Å². The zero-order chi connectivity index (χ0) is 13.4. The number of ether oxygens (including phenoxy) is 1. The number of allylic oxidation sites excluding steroid dienone is 1. The Morgan fingerprint density at radius 2 is 2.21 bits per heavy atom. The topological polar surface area (TPSA) is 41.6 Å². The lowest BCUT2D eigenvalue weighted by Crippen LogP contribution is -2.44. The van der Waals surface area contributed by atoms with Crippen LogP contribution in [0.3, 0.4) is 0 Å². The molecule has 19 heavy (non-hydrogen) atoms. The lowest BCUT2D eigenvalue weighted by molar-refractivity contribution is 0.0420. The Morgan fingerprint density at radius 1 is 1.42 bits per heavy atom. The smallest absolute Gasteiger partial charge is 0.256 e. The number of anilines is 1. The summed E-state index contributed by atoms with van der Waals surface area (Å²) in [7, 11) is 1.68. The Kier molecular flexibility index (Phi) is 3.03. The maximum atomic E-state index is 12.6. The molecule has 0 bridgehead atoms. The Labute approximate surface area is 113 Å². The van der Waals surface area contributed by atoms with Crippen LogP contribution in [0.4, 0.5) is 5.69 Å². The summed E-state index contributed by atoms with van der Waals surface area (Å²) in [6, 6.07) is 7.69. The monoisotopic (exact) mass is 258 g/mol. The first-order valence-corrected chi connectivity index (χ1v) is 6.58. The fraction of sp³-hybridized carbons (Fsp3) is 0.400. The number of fused-ring (bicyclic) bond motifs is 2. The number of amides is 1. The van der Waals surface area contributed by atoms with Crippen LogP contribution in [-0.2, 0) is 4.74 Å². The van der Waals surface area contributed by atoms with E-state index in [-0.39, 0.29) is 18.2 Å². The van der Waals surface area contributed by atoms with Gasteiger partial charge in [-0.15, -0.1) is 0 Å². The quantitative estimate of drug-likeness (QED) is 0.785. The third-order valence-corrected chi connectivity index (χ3v) is 3.97. The number of benzene rings is 1. The number of methoxy groups -OCH3 is 1. The van der Waals surface area contributed by atoms with Gasteiger partial charge in [0.15, 0.2) is 0 Å². The summed E-state index contributed by atoms with van der Waals surface area (Å²) >= 11 is 0. The molecule has 0 aliphatic carbocycles. The van der Waals surface area contributed by atoms with Crippen molar-refractivity contribution in [3.05, 3.63) is 41.5 Å². The molecule has 0 radical (unpaired) electrons. The molecule has 0 spiro atoms. The predicted octanol–water partition coefficient (Wildman–Crippen LogP) is 2.25. The molecular formula is C15H18N2O2. The fourth-order valence-corrected chi connectivity index (χ4v) is 2.90. The molecule has 1 saturated heterocycles. The minimum atomic E-state index is -0.162. The van der Waals surface area contributed by atoms with E-state index in [1.54, 1.807) is 7.11 Å². The first kappa shape index (κ1) is 12.2. The zero-order valence-corrected chi connectivity index (χ0v) is 11.2. The molecule has 1 N–H and O–H groups in total. The predicted molar refractivity (Wildman–Crippen MR) is 74.1 cm³/mol. The average Bonchev–Trinajstić information content (AvgIpc) is 2.84. The van der Waals surface area contributed by atoms with Gasteiger partial charge in [0.05, 0.1) is 11.6 Å². The van der Waals surface area contributed by atoms with Gasteiger partial charge < -0.3 is 15.0 Å². The van der Waals surface area contributed by atoms with Gasteiger partial charge in [-0.05, 0) is 25.5 Å². The number of hydrogen-bond acceptors (Lipinski definition) is 3. The van der Waals surface area contributed by atoms with E-state index in [9.17, 15) is 4.79 Å². The average molecular weight is 258 g/mol. The Balaban J connectivity index is 2.05. The van der Waals surface area contributed by atoms with Gasteiger partial charge in [-0.3, -0.25) is 4.79 Å². The molecular weight excluding hydrogens is 240 g/mol. The maximum Gasteiger partial charge on any atom is 0.256 e. The van der Waals surface area contributed by atoms with Crippen LogP contribution < -0.4 is 5.32 Å². The van der Waals surface area contributed by atoms with Crippen molar-refractivity contribution in [2.75, 3.05) is 19.0 Å². The van der Waals surface area contributed by atoms with Crippen LogP contribution in [0.15, 0.2) is 35.9 Å². The minimum Gasteiger partial charge on any atom is -0.360 e.